The zero-order chi connectivity index (χ0) is 19.8. The van der Waals surface area contributed by atoms with Crippen molar-refractivity contribution in [2.75, 3.05) is 6.54 Å². The number of aromatic nitrogens is 2. The molecule has 1 aromatic carbocycles. The third-order valence-corrected chi connectivity index (χ3v) is 3.73. The summed E-state index contributed by atoms with van der Waals surface area (Å²) >= 11 is 0. The Kier molecular flexibility index (Phi) is 4.75. The molecule has 1 aliphatic heterocycles. The molecule has 1 atom stereocenters. The van der Waals surface area contributed by atoms with Crippen molar-refractivity contribution in [2.45, 2.75) is 45.2 Å². The van der Waals surface area contributed by atoms with Crippen molar-refractivity contribution in [3.05, 3.63) is 30.1 Å². The lowest BCUT2D eigenvalue weighted by Gasteiger charge is -2.39. The van der Waals surface area contributed by atoms with Crippen LogP contribution in [0.3, 0.4) is 0 Å². The molecular formula is C17H18F3N3O4. The number of ether oxygens (including phenoxy) is 2. The highest BCUT2D eigenvalue weighted by atomic mass is 19.4. The third-order valence-electron chi connectivity index (χ3n) is 3.73. The monoisotopic (exact) mass is 385 g/mol. The minimum Gasteiger partial charge on any atom is -0.444 e. The number of likely N-dealkylation sites (tertiary alicyclic amines) is 1. The number of benzene rings is 1. The number of hydrogen-bond acceptors (Lipinski definition) is 6. The summed E-state index contributed by atoms with van der Waals surface area (Å²) in [6.45, 7) is 5.73. The van der Waals surface area contributed by atoms with Gasteiger partial charge in [-0.25, -0.2) is 4.79 Å². The van der Waals surface area contributed by atoms with Crippen molar-refractivity contribution in [2.24, 2.45) is 0 Å². The Bertz CT molecular complexity index is 829. The molecule has 1 unspecified atom stereocenters. The molecule has 7 nitrogen and oxygen atoms in total. The summed E-state index contributed by atoms with van der Waals surface area (Å²) in [6, 6.07) is 5.01. The van der Waals surface area contributed by atoms with Gasteiger partial charge in [0.05, 0.1) is 5.56 Å². The SMILES string of the molecule is CC(C)(C)OC(=O)N1CCC1c1noc(-c2ccccc2OC(F)(F)F)n1. The Hall–Kier alpha value is -2.78. The maximum atomic E-state index is 12.6. The van der Waals surface area contributed by atoms with E-state index >= 15 is 0 Å². The normalized spacial score (nSPS) is 17.4. The zero-order valence-electron chi connectivity index (χ0n) is 14.9. The quantitative estimate of drug-likeness (QED) is 0.783. The van der Waals surface area contributed by atoms with Gasteiger partial charge in [-0.2, -0.15) is 4.98 Å². The van der Waals surface area contributed by atoms with Crippen molar-refractivity contribution in [1.29, 1.82) is 0 Å². The first kappa shape index (κ1) is 19.0. The third kappa shape index (κ3) is 4.50. The minimum absolute atomic E-state index is 0.0108. The van der Waals surface area contributed by atoms with Gasteiger partial charge in [-0.15, -0.1) is 13.2 Å². The zero-order valence-corrected chi connectivity index (χ0v) is 14.9. The Morgan fingerprint density at radius 2 is 1.96 bits per heavy atom. The summed E-state index contributed by atoms with van der Waals surface area (Å²) < 4.78 is 52.1. The van der Waals surface area contributed by atoms with Crippen LogP contribution in [0.2, 0.25) is 0 Å². The van der Waals surface area contributed by atoms with Crippen LogP contribution in [-0.2, 0) is 4.74 Å². The number of hydrogen-bond donors (Lipinski definition) is 0. The van der Waals surface area contributed by atoms with Crippen LogP contribution in [0.4, 0.5) is 18.0 Å². The van der Waals surface area contributed by atoms with Gasteiger partial charge in [0.25, 0.3) is 5.89 Å². The van der Waals surface area contributed by atoms with Crippen molar-refractivity contribution < 1.29 is 32.0 Å². The van der Waals surface area contributed by atoms with Crippen molar-refractivity contribution >= 4 is 6.09 Å². The second-order valence-electron chi connectivity index (χ2n) is 6.98. The van der Waals surface area contributed by atoms with Crippen LogP contribution in [0.5, 0.6) is 5.75 Å². The molecule has 1 saturated heterocycles. The van der Waals surface area contributed by atoms with Gasteiger partial charge in [0.1, 0.15) is 17.4 Å². The van der Waals surface area contributed by atoms with Crippen molar-refractivity contribution in [3.63, 3.8) is 0 Å². The number of nitrogens with zero attached hydrogens (tertiary/aromatic N) is 3. The molecule has 0 saturated carbocycles. The van der Waals surface area contributed by atoms with Crippen LogP contribution in [0.15, 0.2) is 28.8 Å². The Morgan fingerprint density at radius 3 is 2.56 bits per heavy atom. The van der Waals surface area contributed by atoms with E-state index in [1.54, 1.807) is 20.8 Å². The minimum atomic E-state index is -4.85. The fourth-order valence-electron chi connectivity index (χ4n) is 2.53. The lowest BCUT2D eigenvalue weighted by molar-refractivity contribution is -0.274. The van der Waals surface area contributed by atoms with E-state index < -0.39 is 29.8 Å². The van der Waals surface area contributed by atoms with Gasteiger partial charge >= 0.3 is 12.5 Å². The number of carbonyl (C=O) groups excluding carboxylic acids is 1. The topological polar surface area (TPSA) is 77.7 Å². The van der Waals surface area contributed by atoms with E-state index in [1.807, 2.05) is 0 Å². The van der Waals surface area contributed by atoms with Crippen LogP contribution >= 0.6 is 0 Å². The average molecular weight is 385 g/mol. The summed E-state index contributed by atoms with van der Waals surface area (Å²) in [5, 5.41) is 3.81. The smallest absolute Gasteiger partial charge is 0.444 e. The summed E-state index contributed by atoms with van der Waals surface area (Å²) in [5.41, 5.74) is -0.634. The van der Waals surface area contributed by atoms with Crippen LogP contribution in [-0.4, -0.2) is 39.6 Å². The highest BCUT2D eigenvalue weighted by Crippen LogP contribution is 2.36. The number of para-hydroxylation sites is 1. The van der Waals surface area contributed by atoms with E-state index in [0.717, 1.165) is 6.07 Å². The molecule has 0 N–H and O–H groups in total. The molecule has 10 heteroatoms. The highest BCUT2D eigenvalue weighted by Gasteiger charge is 2.39. The Labute approximate surface area is 153 Å². The standard InChI is InChI=1S/C17H18F3N3O4/c1-16(2,3)26-15(24)23-9-8-11(23)13-21-14(27-22-13)10-6-4-5-7-12(10)25-17(18,19)20/h4-7,11H,8-9H2,1-3H3. The molecule has 1 aromatic heterocycles. The van der Waals surface area contributed by atoms with E-state index in [2.05, 4.69) is 14.9 Å². The maximum Gasteiger partial charge on any atom is 0.573 e. The highest BCUT2D eigenvalue weighted by molar-refractivity contribution is 5.70. The lowest BCUT2D eigenvalue weighted by Crippen LogP contribution is -2.47. The van der Waals surface area contributed by atoms with Gasteiger partial charge in [-0.3, -0.25) is 4.90 Å². The molecule has 1 amide bonds. The maximum absolute atomic E-state index is 12.6. The van der Waals surface area contributed by atoms with E-state index in [0.29, 0.717) is 13.0 Å². The number of halogens is 3. The first-order chi connectivity index (χ1) is 12.5. The summed E-state index contributed by atoms with van der Waals surface area (Å²) in [5.74, 6) is -0.373. The number of amides is 1. The Balaban J connectivity index is 1.79. The van der Waals surface area contributed by atoms with Crippen LogP contribution in [0, 0.1) is 0 Å². The molecular weight excluding hydrogens is 367 g/mol. The largest absolute Gasteiger partial charge is 0.573 e. The van der Waals surface area contributed by atoms with Gasteiger partial charge in [-0.1, -0.05) is 17.3 Å². The predicted molar refractivity (Wildman–Crippen MR) is 86.7 cm³/mol. The molecule has 0 aliphatic carbocycles. The van der Waals surface area contributed by atoms with Gasteiger partial charge in [-0.05, 0) is 39.3 Å². The van der Waals surface area contributed by atoms with Crippen LogP contribution < -0.4 is 4.74 Å². The average Bonchev–Trinajstić information content (AvgIpc) is 2.91. The van der Waals surface area contributed by atoms with E-state index in [4.69, 9.17) is 9.26 Å². The lowest BCUT2D eigenvalue weighted by atomic mass is 10.0. The number of carbonyl (C=O) groups is 1. The number of rotatable bonds is 3. The molecule has 146 valence electrons. The molecule has 1 fully saturated rings. The van der Waals surface area contributed by atoms with Crippen molar-refractivity contribution in [1.82, 2.24) is 15.0 Å². The molecule has 27 heavy (non-hydrogen) atoms. The molecule has 0 radical (unpaired) electrons. The molecule has 3 rings (SSSR count). The van der Waals surface area contributed by atoms with E-state index in [-0.39, 0.29) is 17.3 Å². The second kappa shape index (κ2) is 6.75. The fourth-order valence-corrected chi connectivity index (χ4v) is 2.53. The van der Waals surface area contributed by atoms with E-state index in [9.17, 15) is 18.0 Å². The van der Waals surface area contributed by atoms with Gasteiger partial charge in [0.2, 0.25) is 0 Å². The molecule has 0 spiro atoms. The van der Waals surface area contributed by atoms with Gasteiger partial charge < -0.3 is 14.0 Å². The first-order valence-electron chi connectivity index (χ1n) is 8.22. The second-order valence-corrected chi connectivity index (χ2v) is 6.98. The Morgan fingerprint density at radius 1 is 1.26 bits per heavy atom. The summed E-state index contributed by atoms with van der Waals surface area (Å²) in [4.78, 5) is 17.8. The van der Waals surface area contributed by atoms with Crippen LogP contribution in [0.25, 0.3) is 11.5 Å². The molecule has 1 aliphatic rings. The fraction of sp³-hybridized carbons (Fsp3) is 0.471. The molecule has 2 heterocycles. The van der Waals surface area contributed by atoms with Gasteiger partial charge in [0, 0.05) is 6.54 Å². The molecule has 2 aromatic rings. The van der Waals surface area contributed by atoms with Crippen LogP contribution in [0.1, 0.15) is 39.1 Å². The predicted octanol–water partition coefficient (Wildman–Crippen LogP) is 4.32. The van der Waals surface area contributed by atoms with E-state index in [1.165, 1.54) is 23.1 Å². The number of alkyl halides is 3. The van der Waals surface area contributed by atoms with Crippen molar-refractivity contribution in [3.8, 4) is 17.2 Å². The summed E-state index contributed by atoms with van der Waals surface area (Å²) in [6.07, 6.45) is -4.76. The first-order valence-corrected chi connectivity index (χ1v) is 8.22. The van der Waals surface area contributed by atoms with Gasteiger partial charge in [0.15, 0.2) is 5.82 Å². The summed E-state index contributed by atoms with van der Waals surface area (Å²) in [7, 11) is 0. The molecule has 0 bridgehead atoms.